The summed E-state index contributed by atoms with van der Waals surface area (Å²) in [5.74, 6) is 0.265. The molecule has 1 atom stereocenters. The molecule has 0 saturated carbocycles. The molecule has 8 heteroatoms. The minimum absolute atomic E-state index is 0.0350. The zero-order valence-corrected chi connectivity index (χ0v) is 14.5. The van der Waals surface area contributed by atoms with Crippen LogP contribution in [0.3, 0.4) is 0 Å². The van der Waals surface area contributed by atoms with Crippen LogP contribution in [0.25, 0.3) is 11.3 Å². The van der Waals surface area contributed by atoms with Crippen molar-refractivity contribution in [1.82, 2.24) is 15.3 Å². The van der Waals surface area contributed by atoms with Crippen LogP contribution in [0.4, 0.5) is 5.69 Å². The van der Waals surface area contributed by atoms with Gasteiger partial charge in [0.15, 0.2) is 0 Å². The Kier molecular flexibility index (Phi) is 4.62. The summed E-state index contributed by atoms with van der Waals surface area (Å²) in [6.07, 6.45) is 1.72. The van der Waals surface area contributed by atoms with E-state index in [2.05, 4.69) is 15.3 Å². The summed E-state index contributed by atoms with van der Waals surface area (Å²) in [5, 5.41) is 13.7. The molecule has 0 fully saturated rings. The van der Waals surface area contributed by atoms with Gasteiger partial charge in [0, 0.05) is 6.07 Å². The van der Waals surface area contributed by atoms with Crippen molar-refractivity contribution in [2.24, 2.45) is 0 Å². The zero-order valence-electron chi connectivity index (χ0n) is 13.6. The SMILES string of the molecule is Cc1sc(C(=O)N[C@H](C)c2ncc(-c3ccccc3)[nH]2)cc1[N+](=O)[O-]. The minimum Gasteiger partial charge on any atom is -0.342 e. The number of aryl methyl sites for hydroxylation is 1. The van der Waals surface area contributed by atoms with Crippen molar-refractivity contribution in [3.05, 3.63) is 68.3 Å². The number of hydrogen-bond acceptors (Lipinski definition) is 5. The van der Waals surface area contributed by atoms with Crippen LogP contribution in [0.15, 0.2) is 42.6 Å². The highest BCUT2D eigenvalue weighted by atomic mass is 32.1. The highest BCUT2D eigenvalue weighted by molar-refractivity contribution is 7.14. The first-order chi connectivity index (χ1) is 12.0. The van der Waals surface area contributed by atoms with Gasteiger partial charge in [-0.1, -0.05) is 30.3 Å². The molecule has 2 aromatic heterocycles. The van der Waals surface area contributed by atoms with E-state index in [1.165, 1.54) is 6.07 Å². The van der Waals surface area contributed by atoms with E-state index in [0.717, 1.165) is 22.6 Å². The molecule has 0 spiro atoms. The van der Waals surface area contributed by atoms with Gasteiger partial charge in [0.2, 0.25) is 0 Å². The number of amides is 1. The number of nitrogens with zero attached hydrogens (tertiary/aromatic N) is 2. The van der Waals surface area contributed by atoms with Gasteiger partial charge in [-0.25, -0.2) is 4.98 Å². The monoisotopic (exact) mass is 356 g/mol. The molecule has 128 valence electrons. The van der Waals surface area contributed by atoms with Crippen LogP contribution < -0.4 is 5.32 Å². The van der Waals surface area contributed by atoms with E-state index in [0.29, 0.717) is 15.6 Å². The molecule has 3 aromatic rings. The normalized spacial score (nSPS) is 11.9. The standard InChI is InChI=1S/C17H16N4O3S/c1-10(16-18-9-13(20-16)12-6-4-3-5-7-12)19-17(22)15-8-14(21(23)24)11(2)25-15/h3-10H,1-2H3,(H,18,20)(H,19,22)/t10-/m1/s1. The number of carbonyl (C=O) groups excluding carboxylic acids is 1. The Hall–Kier alpha value is -3.00. The Balaban J connectivity index is 1.73. The molecule has 0 saturated heterocycles. The molecule has 0 aliphatic carbocycles. The van der Waals surface area contributed by atoms with Crippen molar-refractivity contribution in [3.63, 3.8) is 0 Å². The molecule has 7 nitrogen and oxygen atoms in total. The van der Waals surface area contributed by atoms with Crippen molar-refractivity contribution in [2.45, 2.75) is 19.9 Å². The third kappa shape index (κ3) is 3.58. The predicted molar refractivity (Wildman–Crippen MR) is 95.6 cm³/mol. The number of aromatic amines is 1. The lowest BCUT2D eigenvalue weighted by Gasteiger charge is -2.10. The molecule has 0 bridgehead atoms. The molecule has 0 unspecified atom stereocenters. The molecule has 25 heavy (non-hydrogen) atoms. The Morgan fingerprint density at radius 3 is 2.72 bits per heavy atom. The lowest BCUT2D eigenvalue weighted by molar-refractivity contribution is -0.385. The lowest BCUT2D eigenvalue weighted by atomic mass is 10.2. The maximum absolute atomic E-state index is 12.3. The second-order valence-corrected chi connectivity index (χ2v) is 6.81. The third-order valence-corrected chi connectivity index (χ3v) is 4.79. The first kappa shape index (κ1) is 16.8. The molecular formula is C17H16N4O3S. The summed E-state index contributed by atoms with van der Waals surface area (Å²) in [4.78, 5) is 31.1. The quantitative estimate of drug-likeness (QED) is 0.535. The van der Waals surface area contributed by atoms with Gasteiger partial charge < -0.3 is 10.3 Å². The van der Waals surface area contributed by atoms with Gasteiger partial charge in [-0.15, -0.1) is 11.3 Å². The van der Waals surface area contributed by atoms with Crippen LogP contribution in [-0.2, 0) is 0 Å². The van der Waals surface area contributed by atoms with E-state index >= 15 is 0 Å². The minimum atomic E-state index is -0.481. The second-order valence-electron chi connectivity index (χ2n) is 5.55. The predicted octanol–water partition coefficient (Wildman–Crippen LogP) is 3.85. The summed E-state index contributed by atoms with van der Waals surface area (Å²) < 4.78 is 0. The van der Waals surface area contributed by atoms with Crippen molar-refractivity contribution in [3.8, 4) is 11.3 Å². The number of hydrogen-bond donors (Lipinski definition) is 2. The van der Waals surface area contributed by atoms with E-state index in [1.54, 1.807) is 20.0 Å². The number of thiophene rings is 1. The van der Waals surface area contributed by atoms with E-state index < -0.39 is 4.92 Å². The Morgan fingerprint density at radius 2 is 2.08 bits per heavy atom. The number of benzene rings is 1. The molecular weight excluding hydrogens is 340 g/mol. The van der Waals surface area contributed by atoms with Crippen LogP contribution in [-0.4, -0.2) is 20.8 Å². The molecule has 2 heterocycles. The maximum atomic E-state index is 12.3. The summed E-state index contributed by atoms with van der Waals surface area (Å²) in [6.45, 7) is 3.43. The molecule has 1 amide bonds. The average molecular weight is 356 g/mol. The molecule has 3 rings (SSSR count). The summed E-state index contributed by atoms with van der Waals surface area (Å²) in [7, 11) is 0. The van der Waals surface area contributed by atoms with Crippen molar-refractivity contribution in [2.75, 3.05) is 0 Å². The topological polar surface area (TPSA) is 101 Å². The lowest BCUT2D eigenvalue weighted by Crippen LogP contribution is -2.26. The van der Waals surface area contributed by atoms with Gasteiger partial charge in [-0.3, -0.25) is 14.9 Å². The van der Waals surface area contributed by atoms with E-state index in [4.69, 9.17) is 0 Å². The maximum Gasteiger partial charge on any atom is 0.283 e. The van der Waals surface area contributed by atoms with Crippen LogP contribution in [0.5, 0.6) is 0 Å². The largest absolute Gasteiger partial charge is 0.342 e. The number of carbonyl (C=O) groups is 1. The van der Waals surface area contributed by atoms with Gasteiger partial charge in [-0.2, -0.15) is 0 Å². The number of imidazole rings is 1. The van der Waals surface area contributed by atoms with Gasteiger partial charge in [0.1, 0.15) is 5.82 Å². The molecule has 0 aliphatic rings. The average Bonchev–Trinajstić information content (AvgIpc) is 3.22. The molecule has 0 radical (unpaired) electrons. The molecule has 1 aromatic carbocycles. The fraction of sp³-hybridized carbons (Fsp3) is 0.176. The van der Waals surface area contributed by atoms with Crippen LogP contribution in [0.1, 0.15) is 33.3 Å². The van der Waals surface area contributed by atoms with Crippen molar-refractivity contribution < 1.29 is 9.72 Å². The first-order valence-corrected chi connectivity index (χ1v) is 8.43. The molecule has 0 aliphatic heterocycles. The number of rotatable bonds is 5. The second kappa shape index (κ2) is 6.86. The van der Waals surface area contributed by atoms with Crippen molar-refractivity contribution >= 4 is 22.9 Å². The zero-order chi connectivity index (χ0) is 18.0. The number of nitrogens with one attached hydrogen (secondary N) is 2. The van der Waals surface area contributed by atoms with Crippen LogP contribution in [0.2, 0.25) is 0 Å². The van der Waals surface area contributed by atoms with Crippen LogP contribution >= 0.6 is 11.3 Å². The Morgan fingerprint density at radius 1 is 1.36 bits per heavy atom. The van der Waals surface area contributed by atoms with E-state index in [9.17, 15) is 14.9 Å². The third-order valence-electron chi connectivity index (χ3n) is 3.75. The van der Waals surface area contributed by atoms with Gasteiger partial charge >= 0.3 is 0 Å². The number of H-pyrrole nitrogens is 1. The van der Waals surface area contributed by atoms with Crippen LogP contribution in [0, 0.1) is 17.0 Å². The fourth-order valence-corrected chi connectivity index (χ4v) is 3.31. The van der Waals surface area contributed by atoms with Gasteiger partial charge in [0.25, 0.3) is 11.6 Å². The number of nitro groups is 1. The highest BCUT2D eigenvalue weighted by Gasteiger charge is 2.21. The fourth-order valence-electron chi connectivity index (χ4n) is 2.42. The van der Waals surface area contributed by atoms with Gasteiger partial charge in [-0.05, 0) is 19.4 Å². The number of aromatic nitrogens is 2. The van der Waals surface area contributed by atoms with E-state index in [1.807, 2.05) is 30.3 Å². The van der Waals surface area contributed by atoms with E-state index in [-0.39, 0.29) is 17.6 Å². The van der Waals surface area contributed by atoms with Gasteiger partial charge in [0.05, 0.1) is 32.6 Å². The van der Waals surface area contributed by atoms with Crippen molar-refractivity contribution in [1.29, 1.82) is 0 Å². The smallest absolute Gasteiger partial charge is 0.283 e. The Bertz CT molecular complexity index is 917. The summed E-state index contributed by atoms with van der Waals surface area (Å²) in [6, 6.07) is 10.7. The Labute approximate surface area is 147 Å². The first-order valence-electron chi connectivity index (χ1n) is 7.61. The summed E-state index contributed by atoms with van der Waals surface area (Å²) in [5.41, 5.74) is 1.83. The highest BCUT2D eigenvalue weighted by Crippen LogP contribution is 2.28. The molecule has 2 N–H and O–H groups in total. The summed E-state index contributed by atoms with van der Waals surface area (Å²) >= 11 is 1.11.